The highest BCUT2D eigenvalue weighted by molar-refractivity contribution is 7.68. The number of anilines is 1. The van der Waals surface area contributed by atoms with E-state index in [1.54, 1.807) is 24.3 Å². The van der Waals surface area contributed by atoms with Gasteiger partial charge < -0.3 is 14.7 Å². The van der Waals surface area contributed by atoms with Crippen molar-refractivity contribution < 1.29 is 23.4 Å². The minimum absolute atomic E-state index is 0.0692. The van der Waals surface area contributed by atoms with Crippen molar-refractivity contribution in [2.24, 2.45) is 0 Å². The zero-order valence-corrected chi connectivity index (χ0v) is 17.2. The smallest absolute Gasteiger partial charge is 0.348 e. The molecule has 3 aromatic rings. The quantitative estimate of drug-likeness (QED) is 0.520. The highest BCUT2D eigenvalue weighted by atomic mass is 32.1. The van der Waals surface area contributed by atoms with Crippen LogP contribution in [0.1, 0.15) is 20.8 Å². The van der Waals surface area contributed by atoms with Gasteiger partial charge in [-0.2, -0.15) is 0 Å². The number of carbonyl (C=O) groups is 1. The molecule has 0 aliphatic rings. The second kappa shape index (κ2) is 7.87. The third kappa shape index (κ3) is 3.87. The fourth-order valence-electron chi connectivity index (χ4n) is 2.93. The number of nitrogens with one attached hydrogen (secondary N) is 1. The summed E-state index contributed by atoms with van der Waals surface area (Å²) in [6.45, 7) is 3.73. The highest BCUT2D eigenvalue weighted by Gasteiger charge is 2.30. The number of halogens is 1. The molecule has 5 nitrogen and oxygen atoms in total. The summed E-state index contributed by atoms with van der Waals surface area (Å²) in [5, 5.41) is 12.8. The summed E-state index contributed by atoms with van der Waals surface area (Å²) >= 11 is 0.909. The summed E-state index contributed by atoms with van der Waals surface area (Å²) < 4.78 is 32.9. The molecule has 0 amide bonds. The number of carboxylic acid groups (broad SMARTS) is 1. The molecule has 1 aromatic heterocycles. The molecule has 0 fully saturated rings. The van der Waals surface area contributed by atoms with Crippen molar-refractivity contribution in [1.29, 1.82) is 0 Å². The number of hydrogen-bond donors (Lipinski definition) is 2. The van der Waals surface area contributed by atoms with Crippen LogP contribution in [-0.4, -0.2) is 18.2 Å². The molecule has 146 valence electrons. The van der Waals surface area contributed by atoms with Crippen LogP contribution in [0.25, 0.3) is 10.4 Å². The Balaban J connectivity index is 2.08. The maximum Gasteiger partial charge on any atom is 0.348 e. The summed E-state index contributed by atoms with van der Waals surface area (Å²) in [6.07, 6.45) is 0. The summed E-state index contributed by atoms with van der Waals surface area (Å²) in [7, 11) is -2.29. The van der Waals surface area contributed by atoms with Crippen LogP contribution in [-0.2, 0) is 9.09 Å². The molecular weight excluding hydrogens is 400 g/mol. The Labute approximate surface area is 166 Å². The molecule has 0 spiro atoms. The number of benzene rings is 2. The summed E-state index contributed by atoms with van der Waals surface area (Å²) in [5.74, 6) is -1.66. The molecule has 1 atom stereocenters. The fraction of sp³-hybridized carbons (Fsp3) is 0.150. The van der Waals surface area contributed by atoms with Gasteiger partial charge in [0.25, 0.3) is 0 Å². The minimum Gasteiger partial charge on any atom is -0.477 e. The van der Waals surface area contributed by atoms with Gasteiger partial charge >= 0.3 is 13.5 Å². The SMILES string of the molecule is COP(=O)(Nc1cc(-c2ccccc2F)sc1C(=O)O)c1ccc(C)cc1C. The first-order chi connectivity index (χ1) is 13.2. The van der Waals surface area contributed by atoms with Crippen molar-refractivity contribution in [2.75, 3.05) is 12.2 Å². The monoisotopic (exact) mass is 419 g/mol. The summed E-state index contributed by atoms with van der Waals surface area (Å²) in [5.41, 5.74) is 2.18. The largest absolute Gasteiger partial charge is 0.477 e. The predicted molar refractivity (Wildman–Crippen MR) is 110 cm³/mol. The van der Waals surface area contributed by atoms with Gasteiger partial charge in [-0.25, -0.2) is 9.18 Å². The lowest BCUT2D eigenvalue weighted by Gasteiger charge is -2.20. The molecule has 1 unspecified atom stereocenters. The average molecular weight is 419 g/mol. The lowest BCUT2D eigenvalue weighted by Crippen LogP contribution is -2.17. The number of thiophene rings is 1. The van der Waals surface area contributed by atoms with Crippen LogP contribution in [0.5, 0.6) is 0 Å². The van der Waals surface area contributed by atoms with Crippen LogP contribution in [0.2, 0.25) is 0 Å². The van der Waals surface area contributed by atoms with Gasteiger partial charge in [-0.3, -0.25) is 4.57 Å². The van der Waals surface area contributed by atoms with Crippen molar-refractivity contribution >= 4 is 35.8 Å². The molecule has 2 N–H and O–H groups in total. The summed E-state index contributed by atoms with van der Waals surface area (Å²) in [4.78, 5) is 12.1. The molecule has 0 saturated heterocycles. The third-order valence-corrected chi connectivity index (χ3v) is 7.60. The highest BCUT2D eigenvalue weighted by Crippen LogP contribution is 2.48. The normalized spacial score (nSPS) is 13.1. The topological polar surface area (TPSA) is 75.6 Å². The zero-order valence-electron chi connectivity index (χ0n) is 15.5. The van der Waals surface area contributed by atoms with E-state index >= 15 is 0 Å². The maximum atomic E-state index is 14.1. The molecule has 2 aromatic carbocycles. The molecule has 0 bridgehead atoms. The molecule has 28 heavy (non-hydrogen) atoms. The van der Waals surface area contributed by atoms with E-state index in [9.17, 15) is 18.9 Å². The number of aryl methyl sites for hydroxylation is 2. The molecular formula is C20H19FNO4PS. The van der Waals surface area contributed by atoms with Crippen molar-refractivity contribution in [3.8, 4) is 10.4 Å². The lowest BCUT2D eigenvalue weighted by molar-refractivity contribution is 0.0703. The summed E-state index contributed by atoms with van der Waals surface area (Å²) in [6, 6.07) is 13.0. The number of aromatic carboxylic acids is 1. The second-order valence-corrected chi connectivity index (χ2v) is 9.50. The van der Waals surface area contributed by atoms with Gasteiger partial charge in [0.15, 0.2) is 0 Å². The third-order valence-electron chi connectivity index (χ3n) is 4.26. The van der Waals surface area contributed by atoms with Crippen LogP contribution in [0.15, 0.2) is 48.5 Å². The first kappa shape index (κ1) is 20.3. The van der Waals surface area contributed by atoms with Crippen LogP contribution in [0.3, 0.4) is 0 Å². The Morgan fingerprint density at radius 2 is 1.89 bits per heavy atom. The van der Waals surface area contributed by atoms with E-state index in [1.165, 1.54) is 19.2 Å². The second-order valence-electron chi connectivity index (χ2n) is 6.27. The number of rotatable bonds is 6. The lowest BCUT2D eigenvalue weighted by atomic mass is 10.2. The first-order valence-electron chi connectivity index (χ1n) is 8.39. The van der Waals surface area contributed by atoms with Gasteiger partial charge in [-0.15, -0.1) is 11.3 Å². The first-order valence-corrected chi connectivity index (χ1v) is 10.8. The van der Waals surface area contributed by atoms with Crippen molar-refractivity contribution in [3.05, 3.63) is 70.4 Å². The van der Waals surface area contributed by atoms with Crippen molar-refractivity contribution in [1.82, 2.24) is 0 Å². The molecule has 0 radical (unpaired) electrons. The Hall–Kier alpha value is -2.47. The Kier molecular flexibility index (Phi) is 5.70. The van der Waals surface area contributed by atoms with Gasteiger partial charge in [-0.1, -0.05) is 35.9 Å². The van der Waals surface area contributed by atoms with Gasteiger partial charge in [-0.05, 0) is 37.6 Å². The standard InChI is InChI=1S/C20H19FNO4PS/c1-12-8-9-17(13(2)10-12)27(25,26-3)22-16-11-18(28-19(16)20(23)24)14-6-4-5-7-15(14)21/h4-11H,1-3H3,(H,22,25)(H,23,24). The minimum atomic E-state index is -3.59. The number of carboxylic acids is 1. The van der Waals surface area contributed by atoms with Gasteiger partial charge in [0.05, 0.1) is 11.0 Å². The fourth-order valence-corrected chi connectivity index (χ4v) is 5.68. The van der Waals surface area contributed by atoms with Crippen LogP contribution >= 0.6 is 18.9 Å². The predicted octanol–water partition coefficient (Wildman–Crippen LogP) is 5.45. The maximum absolute atomic E-state index is 14.1. The van der Waals surface area contributed by atoms with Crippen LogP contribution in [0.4, 0.5) is 10.1 Å². The molecule has 0 aliphatic heterocycles. The van der Waals surface area contributed by atoms with E-state index in [4.69, 9.17) is 4.52 Å². The van der Waals surface area contributed by atoms with Crippen LogP contribution in [0, 0.1) is 19.7 Å². The molecule has 3 rings (SSSR count). The Bertz CT molecular complexity index is 1100. The molecule has 0 saturated carbocycles. The number of hydrogen-bond acceptors (Lipinski definition) is 4. The van der Waals surface area contributed by atoms with E-state index < -0.39 is 19.3 Å². The van der Waals surface area contributed by atoms with Crippen molar-refractivity contribution in [2.45, 2.75) is 13.8 Å². The van der Waals surface area contributed by atoms with E-state index in [1.807, 2.05) is 26.0 Å². The van der Waals surface area contributed by atoms with E-state index in [2.05, 4.69) is 5.09 Å². The molecule has 0 aliphatic carbocycles. The Morgan fingerprint density at radius 1 is 1.18 bits per heavy atom. The van der Waals surface area contributed by atoms with Crippen molar-refractivity contribution in [3.63, 3.8) is 0 Å². The average Bonchev–Trinajstić information content (AvgIpc) is 3.05. The van der Waals surface area contributed by atoms with Gasteiger partial charge in [0.2, 0.25) is 0 Å². The van der Waals surface area contributed by atoms with Crippen LogP contribution < -0.4 is 10.4 Å². The van der Waals surface area contributed by atoms with E-state index in [-0.39, 0.29) is 16.1 Å². The van der Waals surface area contributed by atoms with E-state index in [0.29, 0.717) is 10.2 Å². The Morgan fingerprint density at radius 3 is 2.50 bits per heavy atom. The van der Waals surface area contributed by atoms with Gasteiger partial charge in [0, 0.05) is 17.6 Å². The van der Waals surface area contributed by atoms with Gasteiger partial charge in [0.1, 0.15) is 10.7 Å². The molecule has 1 heterocycles. The van der Waals surface area contributed by atoms with E-state index in [0.717, 1.165) is 22.5 Å². The zero-order chi connectivity index (χ0) is 20.5. The molecule has 8 heteroatoms.